The number of ether oxygens (including phenoxy) is 1. The first-order valence-corrected chi connectivity index (χ1v) is 8.07. The van der Waals surface area contributed by atoms with Crippen molar-refractivity contribution in [2.45, 2.75) is 71.5 Å². The first-order valence-electron chi connectivity index (χ1n) is 8.07. The second kappa shape index (κ2) is 7.94. The largest absolute Gasteiger partial charge is 0.460 e. The van der Waals surface area contributed by atoms with Crippen molar-refractivity contribution in [2.24, 2.45) is 0 Å². The molecule has 0 amide bonds. The monoisotopic (exact) mass is 612 g/mol. The Morgan fingerprint density at radius 1 is 0.324 bits per heavy atom. The lowest BCUT2D eigenvalue weighted by molar-refractivity contribution is -0.478. The van der Waals surface area contributed by atoms with E-state index in [1.807, 2.05) is 0 Å². The summed E-state index contributed by atoms with van der Waals surface area (Å²) in [4.78, 5) is 0. The number of halogens is 23. The molecule has 1 heterocycles. The molecule has 222 valence electrons. The fourth-order valence-corrected chi connectivity index (χ4v) is 2.23. The van der Waals surface area contributed by atoms with E-state index in [4.69, 9.17) is 0 Å². The molecule has 0 aromatic carbocycles. The lowest BCUT2D eigenvalue weighted by Gasteiger charge is -2.45. The molecule has 0 bridgehead atoms. The Morgan fingerprint density at radius 2 is 0.514 bits per heavy atom. The van der Waals surface area contributed by atoms with Gasteiger partial charge in [0.15, 0.2) is 6.10 Å². The molecule has 0 spiro atoms. The Balaban J connectivity index is 3.78. The summed E-state index contributed by atoms with van der Waals surface area (Å²) in [5, 5.41) is 0. The molecule has 0 aliphatic carbocycles. The molecule has 0 N–H and O–H groups in total. The van der Waals surface area contributed by atoms with Crippen LogP contribution in [-0.2, 0) is 4.74 Å². The van der Waals surface area contributed by atoms with Crippen molar-refractivity contribution < 1.29 is 106 Å². The molecule has 24 heteroatoms. The van der Waals surface area contributed by atoms with Crippen LogP contribution in [0.5, 0.6) is 0 Å². The zero-order chi connectivity index (χ0) is 30.5. The first kappa shape index (κ1) is 33.4. The molecule has 1 nitrogen and oxygen atoms in total. The van der Waals surface area contributed by atoms with Crippen molar-refractivity contribution in [1.82, 2.24) is 0 Å². The Labute approximate surface area is 185 Å². The zero-order valence-electron chi connectivity index (χ0n) is 15.9. The minimum atomic E-state index is -9.37. The Kier molecular flexibility index (Phi) is 7.17. The quantitative estimate of drug-likeness (QED) is 0.187. The van der Waals surface area contributed by atoms with Crippen LogP contribution in [0, 0.1) is 0 Å². The lowest BCUT2D eigenvalue weighted by Crippen LogP contribution is -2.77. The summed E-state index contributed by atoms with van der Waals surface area (Å²) in [6.45, 7) is -1.70. The average molecular weight is 612 g/mol. The summed E-state index contributed by atoms with van der Waals surface area (Å²) in [6, 6.07) is 0. The van der Waals surface area contributed by atoms with E-state index in [-0.39, 0.29) is 0 Å². The van der Waals surface area contributed by atoms with Crippen LogP contribution < -0.4 is 0 Å². The molecule has 1 fully saturated rings. The van der Waals surface area contributed by atoms with Gasteiger partial charge in [-0.05, 0) is 0 Å². The van der Waals surface area contributed by atoms with Gasteiger partial charge >= 0.3 is 65.4 Å². The van der Waals surface area contributed by atoms with Crippen LogP contribution in [0.3, 0.4) is 0 Å². The third kappa shape index (κ3) is 3.79. The van der Waals surface area contributed by atoms with Crippen molar-refractivity contribution >= 4 is 0 Å². The normalized spacial score (nSPS) is 20.4. The molecule has 1 aliphatic heterocycles. The van der Waals surface area contributed by atoms with Crippen LogP contribution in [0.25, 0.3) is 0 Å². The van der Waals surface area contributed by atoms with Gasteiger partial charge in [-0.2, -0.15) is 101 Å². The smallest absolute Gasteiger partial charge is 0.366 e. The fourth-order valence-electron chi connectivity index (χ4n) is 2.23. The highest BCUT2D eigenvalue weighted by atomic mass is 19.4. The van der Waals surface area contributed by atoms with E-state index in [0.717, 1.165) is 0 Å². The fraction of sp³-hybridized carbons (Fsp3) is 1.00. The minimum absolute atomic E-state index is 1.70. The summed E-state index contributed by atoms with van der Waals surface area (Å²) in [5.74, 6) is -87.2. The Hall–Kier alpha value is -1.65. The second-order valence-corrected chi connectivity index (χ2v) is 7.11. The highest BCUT2D eigenvalue weighted by Crippen LogP contribution is 2.67. The summed E-state index contributed by atoms with van der Waals surface area (Å²) >= 11 is 0. The average Bonchev–Trinajstić information content (AvgIpc) is 3.51. The molecule has 0 radical (unpaired) electrons. The van der Waals surface area contributed by atoms with Gasteiger partial charge in [0.2, 0.25) is 0 Å². The molecule has 1 unspecified atom stereocenters. The summed E-state index contributed by atoms with van der Waals surface area (Å²) in [7, 11) is 0. The van der Waals surface area contributed by atoms with Crippen molar-refractivity contribution in [3.63, 3.8) is 0 Å². The van der Waals surface area contributed by atoms with E-state index >= 15 is 0 Å². The Morgan fingerprint density at radius 3 is 0.703 bits per heavy atom. The van der Waals surface area contributed by atoms with Crippen LogP contribution in [-0.4, -0.2) is 78.1 Å². The molecule has 1 atom stereocenters. The first-order chi connectivity index (χ1) is 15.6. The van der Waals surface area contributed by atoms with E-state index in [0.29, 0.717) is 0 Å². The van der Waals surface area contributed by atoms with E-state index in [2.05, 4.69) is 4.74 Å². The standard InChI is InChI=1S/C13H3F23O/c14-3(15,2-1-37-2)4(16,17)5(18,19)6(20,21)7(22,23)8(24,25)9(26,27)10(28,29)11(30,31)12(32,33)13(34,35)36/h2H,1H2. The number of epoxide rings is 1. The number of rotatable bonds is 10. The van der Waals surface area contributed by atoms with E-state index in [9.17, 15) is 101 Å². The highest BCUT2D eigenvalue weighted by Gasteiger charge is 2.99. The molecule has 37 heavy (non-hydrogen) atoms. The Bertz CT molecular complexity index is 860. The van der Waals surface area contributed by atoms with Gasteiger partial charge in [0.1, 0.15) is 0 Å². The predicted octanol–water partition coefficient (Wildman–Crippen LogP) is 7.30. The van der Waals surface area contributed by atoms with E-state index < -0.39 is 78.1 Å². The van der Waals surface area contributed by atoms with E-state index in [1.54, 1.807) is 0 Å². The molecule has 0 aromatic heterocycles. The zero-order valence-corrected chi connectivity index (χ0v) is 15.9. The summed E-state index contributed by atoms with van der Waals surface area (Å²) < 4.78 is 305. The van der Waals surface area contributed by atoms with Crippen LogP contribution in [0.2, 0.25) is 0 Å². The highest BCUT2D eigenvalue weighted by molar-refractivity contribution is 5.19. The molecule has 0 aromatic rings. The summed E-state index contributed by atoms with van der Waals surface area (Å²) in [6.07, 6.45) is -11.6. The van der Waals surface area contributed by atoms with Crippen LogP contribution >= 0.6 is 0 Å². The van der Waals surface area contributed by atoms with Crippen LogP contribution in [0.4, 0.5) is 101 Å². The number of alkyl halides is 23. The van der Waals surface area contributed by atoms with Crippen molar-refractivity contribution in [3.05, 3.63) is 0 Å². The maximum atomic E-state index is 13.5. The van der Waals surface area contributed by atoms with Gasteiger partial charge in [0.05, 0.1) is 6.61 Å². The summed E-state index contributed by atoms with van der Waals surface area (Å²) in [5.41, 5.74) is 0. The lowest BCUT2D eigenvalue weighted by atomic mass is 9.85. The van der Waals surface area contributed by atoms with Crippen molar-refractivity contribution in [2.75, 3.05) is 6.61 Å². The molecule has 1 rings (SSSR count). The van der Waals surface area contributed by atoms with Gasteiger partial charge in [-0.1, -0.05) is 0 Å². The molecule has 0 saturated carbocycles. The van der Waals surface area contributed by atoms with Gasteiger partial charge < -0.3 is 4.74 Å². The molecular formula is C13H3F23O. The van der Waals surface area contributed by atoms with Gasteiger partial charge in [0, 0.05) is 0 Å². The topological polar surface area (TPSA) is 12.5 Å². The van der Waals surface area contributed by atoms with Gasteiger partial charge in [-0.3, -0.25) is 0 Å². The molecular weight excluding hydrogens is 609 g/mol. The van der Waals surface area contributed by atoms with Gasteiger partial charge in [0.25, 0.3) is 0 Å². The maximum absolute atomic E-state index is 13.5. The SMILES string of the molecule is FC(F)(F)C(F)(F)C(F)(F)C(F)(F)C(F)(F)C(F)(F)C(F)(F)C(F)(F)C(F)(F)C(F)(F)C(F)(F)C1CO1. The maximum Gasteiger partial charge on any atom is 0.460 e. The van der Waals surface area contributed by atoms with Crippen LogP contribution in [0.15, 0.2) is 0 Å². The van der Waals surface area contributed by atoms with Gasteiger partial charge in [-0.25, -0.2) is 0 Å². The molecule has 1 aliphatic rings. The minimum Gasteiger partial charge on any atom is -0.366 e. The van der Waals surface area contributed by atoms with Crippen LogP contribution in [0.1, 0.15) is 0 Å². The third-order valence-corrected chi connectivity index (χ3v) is 4.67. The number of hydrogen-bond donors (Lipinski definition) is 0. The predicted molar refractivity (Wildman–Crippen MR) is 65.3 cm³/mol. The van der Waals surface area contributed by atoms with Crippen molar-refractivity contribution in [3.8, 4) is 0 Å². The number of hydrogen-bond acceptors (Lipinski definition) is 1. The third-order valence-electron chi connectivity index (χ3n) is 4.67. The van der Waals surface area contributed by atoms with E-state index in [1.165, 1.54) is 0 Å². The van der Waals surface area contributed by atoms with Gasteiger partial charge in [-0.15, -0.1) is 0 Å². The molecule has 1 saturated heterocycles. The van der Waals surface area contributed by atoms with Crippen molar-refractivity contribution in [1.29, 1.82) is 0 Å². The second-order valence-electron chi connectivity index (χ2n) is 7.11.